The first-order valence-electron chi connectivity index (χ1n) is 4.85. The third-order valence-electron chi connectivity index (χ3n) is 1.58. The number of urea groups is 1. The lowest BCUT2D eigenvalue weighted by molar-refractivity contribution is -0.119. The maximum absolute atomic E-state index is 11.1. The van der Waals surface area contributed by atoms with E-state index in [-0.39, 0.29) is 24.3 Å². The molecule has 0 saturated carbocycles. The van der Waals surface area contributed by atoms with Gasteiger partial charge in [-0.15, -0.1) is 11.6 Å². The third-order valence-corrected chi connectivity index (χ3v) is 1.76. The molecule has 0 aliphatic carbocycles. The van der Waals surface area contributed by atoms with Crippen LogP contribution in [0.1, 0.15) is 20.3 Å². The summed E-state index contributed by atoms with van der Waals surface area (Å²) in [4.78, 5) is 22.0. The SMILES string of the molecule is CCOC(C)CNC(=O)NC(=O)CCCl. The highest BCUT2D eigenvalue weighted by Gasteiger charge is 2.08. The molecule has 0 spiro atoms. The lowest BCUT2D eigenvalue weighted by atomic mass is 10.4. The summed E-state index contributed by atoms with van der Waals surface area (Å²) in [6, 6.07) is -0.517. The molecule has 6 heteroatoms. The van der Waals surface area contributed by atoms with Gasteiger partial charge in [-0.2, -0.15) is 0 Å². The maximum Gasteiger partial charge on any atom is 0.321 e. The Morgan fingerprint density at radius 1 is 1.47 bits per heavy atom. The van der Waals surface area contributed by atoms with Crippen molar-refractivity contribution in [3.8, 4) is 0 Å². The number of amides is 3. The fraction of sp³-hybridized carbons (Fsp3) is 0.778. The van der Waals surface area contributed by atoms with Crippen molar-refractivity contribution in [3.63, 3.8) is 0 Å². The van der Waals surface area contributed by atoms with Crippen LogP contribution in [0.4, 0.5) is 4.79 Å². The zero-order valence-electron chi connectivity index (χ0n) is 9.01. The number of carbonyl (C=O) groups excluding carboxylic acids is 2. The monoisotopic (exact) mass is 236 g/mol. The third kappa shape index (κ3) is 8.20. The second kappa shape index (κ2) is 8.49. The summed E-state index contributed by atoms with van der Waals surface area (Å²) in [5.41, 5.74) is 0. The van der Waals surface area contributed by atoms with E-state index in [1.165, 1.54) is 0 Å². The first-order chi connectivity index (χ1) is 7.10. The van der Waals surface area contributed by atoms with Gasteiger partial charge in [0.1, 0.15) is 0 Å². The predicted molar refractivity (Wildman–Crippen MR) is 58.0 cm³/mol. The second-order valence-corrected chi connectivity index (χ2v) is 3.34. The summed E-state index contributed by atoms with van der Waals surface area (Å²) >= 11 is 5.34. The van der Waals surface area contributed by atoms with Gasteiger partial charge in [-0.1, -0.05) is 0 Å². The van der Waals surface area contributed by atoms with E-state index in [1.807, 2.05) is 13.8 Å². The Bertz CT molecular complexity index is 212. The fourth-order valence-electron chi connectivity index (χ4n) is 0.899. The Balaban J connectivity index is 3.61. The van der Waals surface area contributed by atoms with E-state index in [4.69, 9.17) is 16.3 Å². The van der Waals surface area contributed by atoms with E-state index in [0.29, 0.717) is 13.2 Å². The number of hydrogen-bond donors (Lipinski definition) is 2. The molecule has 0 radical (unpaired) electrons. The molecule has 0 aromatic heterocycles. The van der Waals surface area contributed by atoms with Gasteiger partial charge in [-0.3, -0.25) is 10.1 Å². The smallest absolute Gasteiger partial charge is 0.321 e. The number of alkyl halides is 1. The molecule has 0 bridgehead atoms. The lowest BCUT2D eigenvalue weighted by Gasteiger charge is -2.12. The van der Waals surface area contributed by atoms with Crippen LogP contribution < -0.4 is 10.6 Å². The molecule has 88 valence electrons. The highest BCUT2D eigenvalue weighted by atomic mass is 35.5. The quantitative estimate of drug-likeness (QED) is 0.673. The van der Waals surface area contributed by atoms with Gasteiger partial charge in [0.15, 0.2) is 0 Å². The Kier molecular flexibility index (Phi) is 8.04. The standard InChI is InChI=1S/C9H17ClN2O3/c1-3-15-7(2)6-11-9(14)12-8(13)4-5-10/h7H,3-6H2,1-2H3,(H2,11,12,13,14). The molecule has 0 aliphatic heterocycles. The molecule has 15 heavy (non-hydrogen) atoms. The Morgan fingerprint density at radius 3 is 2.67 bits per heavy atom. The van der Waals surface area contributed by atoms with Crippen LogP contribution in [-0.4, -0.2) is 37.1 Å². The van der Waals surface area contributed by atoms with Crippen molar-refractivity contribution in [2.75, 3.05) is 19.0 Å². The lowest BCUT2D eigenvalue weighted by Crippen LogP contribution is -2.42. The zero-order valence-corrected chi connectivity index (χ0v) is 9.76. The first kappa shape index (κ1) is 14.2. The Hall–Kier alpha value is -0.810. The molecule has 2 N–H and O–H groups in total. The summed E-state index contributed by atoms with van der Waals surface area (Å²) in [5, 5.41) is 4.67. The molecule has 0 saturated heterocycles. The van der Waals surface area contributed by atoms with E-state index in [2.05, 4.69) is 10.6 Å². The minimum Gasteiger partial charge on any atom is -0.377 e. The minimum absolute atomic E-state index is 0.0659. The summed E-state index contributed by atoms with van der Waals surface area (Å²) in [5.74, 6) is -0.180. The molecule has 3 amide bonds. The number of imide groups is 1. The van der Waals surface area contributed by atoms with Crippen molar-refractivity contribution < 1.29 is 14.3 Å². The van der Waals surface area contributed by atoms with Gasteiger partial charge >= 0.3 is 6.03 Å². The van der Waals surface area contributed by atoms with Crippen LogP contribution in [0.5, 0.6) is 0 Å². The predicted octanol–water partition coefficient (Wildman–Crippen LogP) is 0.866. The minimum atomic E-state index is -0.517. The molecule has 1 atom stereocenters. The van der Waals surface area contributed by atoms with E-state index >= 15 is 0 Å². The molecule has 0 rings (SSSR count). The molecule has 0 aliphatic rings. The Labute approximate surface area is 94.5 Å². The zero-order chi connectivity index (χ0) is 11.7. The first-order valence-corrected chi connectivity index (χ1v) is 5.38. The van der Waals surface area contributed by atoms with Crippen molar-refractivity contribution in [2.24, 2.45) is 0 Å². The number of ether oxygens (including phenoxy) is 1. The average Bonchev–Trinajstić information content (AvgIpc) is 2.15. The van der Waals surface area contributed by atoms with E-state index in [9.17, 15) is 9.59 Å². The molecule has 5 nitrogen and oxygen atoms in total. The Morgan fingerprint density at radius 2 is 2.13 bits per heavy atom. The van der Waals surface area contributed by atoms with Crippen molar-refractivity contribution in [2.45, 2.75) is 26.4 Å². The maximum atomic E-state index is 11.1. The van der Waals surface area contributed by atoms with Gasteiger partial charge in [0.05, 0.1) is 6.10 Å². The highest BCUT2D eigenvalue weighted by Crippen LogP contribution is 1.87. The summed E-state index contributed by atoms with van der Waals surface area (Å²) < 4.78 is 5.20. The number of halogens is 1. The molecule has 0 aromatic rings. The van der Waals surface area contributed by atoms with Crippen LogP contribution in [0, 0.1) is 0 Å². The largest absolute Gasteiger partial charge is 0.377 e. The number of rotatable bonds is 6. The number of nitrogens with one attached hydrogen (secondary N) is 2. The van der Waals surface area contributed by atoms with Crippen LogP contribution in [0.3, 0.4) is 0 Å². The highest BCUT2D eigenvalue weighted by molar-refractivity contribution is 6.19. The van der Waals surface area contributed by atoms with Crippen LogP contribution >= 0.6 is 11.6 Å². The van der Waals surface area contributed by atoms with Crippen molar-refractivity contribution >= 4 is 23.5 Å². The van der Waals surface area contributed by atoms with E-state index < -0.39 is 6.03 Å². The number of hydrogen-bond acceptors (Lipinski definition) is 3. The normalized spacial score (nSPS) is 11.9. The molecule has 1 unspecified atom stereocenters. The summed E-state index contributed by atoms with van der Waals surface area (Å²) in [7, 11) is 0. The molecular formula is C9H17ClN2O3. The summed E-state index contributed by atoms with van der Waals surface area (Å²) in [6.45, 7) is 4.68. The van der Waals surface area contributed by atoms with Crippen LogP contribution in [0.15, 0.2) is 0 Å². The van der Waals surface area contributed by atoms with Crippen LogP contribution in [-0.2, 0) is 9.53 Å². The van der Waals surface area contributed by atoms with Crippen molar-refractivity contribution in [1.82, 2.24) is 10.6 Å². The average molecular weight is 237 g/mol. The van der Waals surface area contributed by atoms with Crippen molar-refractivity contribution in [3.05, 3.63) is 0 Å². The van der Waals surface area contributed by atoms with E-state index in [0.717, 1.165) is 0 Å². The van der Waals surface area contributed by atoms with E-state index in [1.54, 1.807) is 0 Å². The second-order valence-electron chi connectivity index (χ2n) is 2.96. The van der Waals surface area contributed by atoms with Gasteiger partial charge in [-0.25, -0.2) is 4.79 Å². The molecule has 0 heterocycles. The van der Waals surface area contributed by atoms with Gasteiger partial charge in [0, 0.05) is 25.5 Å². The van der Waals surface area contributed by atoms with Gasteiger partial charge < -0.3 is 10.1 Å². The molecule has 0 aromatic carbocycles. The number of carbonyl (C=O) groups is 2. The van der Waals surface area contributed by atoms with Gasteiger partial charge in [0.25, 0.3) is 0 Å². The van der Waals surface area contributed by atoms with Gasteiger partial charge in [-0.05, 0) is 13.8 Å². The van der Waals surface area contributed by atoms with Crippen LogP contribution in [0.2, 0.25) is 0 Å². The molecular weight excluding hydrogens is 220 g/mol. The topological polar surface area (TPSA) is 67.4 Å². The molecule has 0 fully saturated rings. The summed E-state index contributed by atoms with van der Waals surface area (Å²) in [6.07, 6.45) is 0.0691. The van der Waals surface area contributed by atoms with Gasteiger partial charge in [0.2, 0.25) is 5.91 Å². The fourth-order valence-corrected chi connectivity index (χ4v) is 1.07. The van der Waals surface area contributed by atoms with Crippen molar-refractivity contribution in [1.29, 1.82) is 0 Å². The van der Waals surface area contributed by atoms with Crippen LogP contribution in [0.25, 0.3) is 0 Å².